The number of amides is 1. The van der Waals surface area contributed by atoms with Crippen LogP contribution < -0.4 is 20.6 Å². The van der Waals surface area contributed by atoms with Gasteiger partial charge in [-0.05, 0) is 55.1 Å². The zero-order valence-corrected chi connectivity index (χ0v) is 16.8. The van der Waals surface area contributed by atoms with Crippen LogP contribution in [0, 0.1) is 0 Å². The third kappa shape index (κ3) is 5.29. The van der Waals surface area contributed by atoms with Gasteiger partial charge in [-0.3, -0.25) is 4.79 Å². The van der Waals surface area contributed by atoms with Crippen molar-refractivity contribution in [3.05, 3.63) is 63.5 Å². The summed E-state index contributed by atoms with van der Waals surface area (Å²) < 4.78 is 11.1. The van der Waals surface area contributed by atoms with Crippen LogP contribution in [-0.2, 0) is 0 Å². The van der Waals surface area contributed by atoms with E-state index in [0.29, 0.717) is 30.4 Å². The fourth-order valence-electron chi connectivity index (χ4n) is 2.51. The molecule has 2 N–H and O–H groups in total. The Morgan fingerprint density at radius 3 is 2.72 bits per heavy atom. The summed E-state index contributed by atoms with van der Waals surface area (Å²) in [7, 11) is 0. The van der Waals surface area contributed by atoms with Crippen molar-refractivity contribution in [1.82, 2.24) is 15.4 Å². The molecule has 0 aliphatic heterocycles. The highest BCUT2D eigenvalue weighted by Gasteiger charge is 2.11. The Labute approximate surface area is 171 Å². The van der Waals surface area contributed by atoms with E-state index >= 15 is 0 Å². The standard InChI is InChI=1S/C20H20N4O4S/c1-3-27-16-8-7-13(10-17(16)28-4-2)12-21-24-19(25)15-11-14(22-20(26)23-15)18-6-5-9-29-18/h5-12H,3-4H2,1-2H3,(H,24,25)(H,22,23,26)/b21-12+. The lowest BCUT2D eigenvalue weighted by Crippen LogP contribution is -2.24. The number of carbonyl (C=O) groups is 1. The summed E-state index contributed by atoms with van der Waals surface area (Å²) in [5, 5.41) is 5.83. The largest absolute Gasteiger partial charge is 0.490 e. The number of hydrogen-bond donors (Lipinski definition) is 2. The second kappa shape index (κ2) is 9.65. The van der Waals surface area contributed by atoms with Crippen LogP contribution >= 0.6 is 11.3 Å². The van der Waals surface area contributed by atoms with Gasteiger partial charge >= 0.3 is 5.69 Å². The molecule has 0 aliphatic rings. The van der Waals surface area contributed by atoms with Gasteiger partial charge in [0.15, 0.2) is 11.5 Å². The normalized spacial score (nSPS) is 10.8. The van der Waals surface area contributed by atoms with Crippen LogP contribution in [0.2, 0.25) is 0 Å². The molecule has 0 spiro atoms. The zero-order valence-electron chi connectivity index (χ0n) is 16.0. The minimum absolute atomic E-state index is 0.0176. The molecular formula is C20H20N4O4S. The maximum atomic E-state index is 12.3. The van der Waals surface area contributed by atoms with Crippen molar-refractivity contribution in [1.29, 1.82) is 0 Å². The molecule has 1 aromatic carbocycles. The average molecular weight is 412 g/mol. The van der Waals surface area contributed by atoms with Crippen molar-refractivity contribution < 1.29 is 14.3 Å². The fourth-order valence-corrected chi connectivity index (χ4v) is 3.21. The van der Waals surface area contributed by atoms with Crippen molar-refractivity contribution in [3.8, 4) is 22.1 Å². The molecule has 2 aromatic heterocycles. The average Bonchev–Trinajstić information content (AvgIpc) is 3.24. The van der Waals surface area contributed by atoms with E-state index in [1.165, 1.54) is 23.6 Å². The monoisotopic (exact) mass is 412 g/mol. The molecule has 3 aromatic rings. The lowest BCUT2D eigenvalue weighted by Gasteiger charge is -2.11. The van der Waals surface area contributed by atoms with Crippen molar-refractivity contribution in [2.45, 2.75) is 13.8 Å². The number of nitrogens with zero attached hydrogens (tertiary/aromatic N) is 2. The van der Waals surface area contributed by atoms with E-state index in [1.807, 2.05) is 31.4 Å². The Morgan fingerprint density at radius 1 is 1.21 bits per heavy atom. The van der Waals surface area contributed by atoms with Gasteiger partial charge in [0.05, 0.1) is 30.0 Å². The van der Waals surface area contributed by atoms with Gasteiger partial charge in [-0.2, -0.15) is 10.1 Å². The van der Waals surface area contributed by atoms with Crippen molar-refractivity contribution >= 4 is 23.5 Å². The quantitative estimate of drug-likeness (QED) is 0.437. The van der Waals surface area contributed by atoms with Crippen LogP contribution in [0.4, 0.5) is 0 Å². The summed E-state index contributed by atoms with van der Waals surface area (Å²) in [6, 6.07) is 10.6. The van der Waals surface area contributed by atoms with Gasteiger partial charge in [0, 0.05) is 0 Å². The maximum Gasteiger partial charge on any atom is 0.346 e. The highest BCUT2D eigenvalue weighted by molar-refractivity contribution is 7.13. The number of thiophene rings is 1. The van der Waals surface area contributed by atoms with Gasteiger partial charge in [-0.1, -0.05) is 6.07 Å². The van der Waals surface area contributed by atoms with E-state index < -0.39 is 11.6 Å². The third-order valence-corrected chi connectivity index (χ3v) is 4.61. The molecule has 0 bridgehead atoms. The minimum Gasteiger partial charge on any atom is -0.490 e. The molecule has 0 radical (unpaired) electrons. The van der Waals surface area contributed by atoms with E-state index in [1.54, 1.807) is 18.2 Å². The number of nitrogens with one attached hydrogen (secondary N) is 2. The van der Waals surface area contributed by atoms with E-state index in [0.717, 1.165) is 10.4 Å². The number of hydrogen-bond acceptors (Lipinski definition) is 7. The van der Waals surface area contributed by atoms with Crippen LogP contribution in [0.5, 0.6) is 11.5 Å². The van der Waals surface area contributed by atoms with Crippen LogP contribution in [0.3, 0.4) is 0 Å². The second-order valence-electron chi connectivity index (χ2n) is 5.73. The number of rotatable bonds is 8. The van der Waals surface area contributed by atoms with Gasteiger partial charge in [-0.15, -0.1) is 11.3 Å². The fraction of sp³-hybridized carbons (Fsp3) is 0.200. The van der Waals surface area contributed by atoms with Gasteiger partial charge in [-0.25, -0.2) is 10.2 Å². The number of aromatic amines is 1. The summed E-state index contributed by atoms with van der Waals surface area (Å²) in [6.07, 6.45) is 1.48. The summed E-state index contributed by atoms with van der Waals surface area (Å²) in [6.45, 7) is 4.81. The Morgan fingerprint density at radius 2 is 2.00 bits per heavy atom. The molecule has 2 heterocycles. The minimum atomic E-state index is -0.599. The number of H-pyrrole nitrogens is 1. The summed E-state index contributed by atoms with van der Waals surface area (Å²) in [5.74, 6) is 0.659. The first-order valence-electron chi connectivity index (χ1n) is 8.99. The number of ether oxygens (including phenoxy) is 2. The molecule has 0 saturated heterocycles. The molecule has 150 valence electrons. The highest BCUT2D eigenvalue weighted by Crippen LogP contribution is 2.28. The first-order valence-corrected chi connectivity index (χ1v) is 9.87. The van der Waals surface area contributed by atoms with Crippen molar-refractivity contribution in [2.75, 3.05) is 13.2 Å². The Bertz CT molecular complexity index is 1060. The molecule has 1 amide bonds. The maximum absolute atomic E-state index is 12.3. The second-order valence-corrected chi connectivity index (χ2v) is 6.68. The molecule has 9 heteroatoms. The first kappa shape index (κ1) is 20.3. The van der Waals surface area contributed by atoms with Crippen molar-refractivity contribution in [2.24, 2.45) is 5.10 Å². The van der Waals surface area contributed by atoms with Gasteiger partial charge < -0.3 is 14.5 Å². The smallest absolute Gasteiger partial charge is 0.346 e. The number of aromatic nitrogens is 2. The molecule has 0 fully saturated rings. The predicted octanol–water partition coefficient (Wildman–Crippen LogP) is 3.06. The van der Waals surface area contributed by atoms with Crippen LogP contribution in [0.15, 0.2) is 51.7 Å². The van der Waals surface area contributed by atoms with Gasteiger partial charge in [0.1, 0.15) is 5.69 Å². The first-order chi connectivity index (χ1) is 14.1. The topological polar surface area (TPSA) is 106 Å². The van der Waals surface area contributed by atoms with Crippen LogP contribution in [0.25, 0.3) is 10.6 Å². The number of benzene rings is 1. The lowest BCUT2D eigenvalue weighted by molar-refractivity contribution is 0.0949. The number of hydrazone groups is 1. The summed E-state index contributed by atoms with van der Waals surface area (Å²) in [4.78, 5) is 31.3. The summed E-state index contributed by atoms with van der Waals surface area (Å²) >= 11 is 1.45. The third-order valence-electron chi connectivity index (χ3n) is 3.71. The predicted molar refractivity (Wildman–Crippen MR) is 112 cm³/mol. The van der Waals surface area contributed by atoms with Gasteiger partial charge in [0.25, 0.3) is 5.91 Å². The SMILES string of the molecule is CCOc1ccc(/C=N/NC(=O)c2cc(-c3cccs3)[nH]c(=O)n2)cc1OCC. The highest BCUT2D eigenvalue weighted by atomic mass is 32.1. The summed E-state index contributed by atoms with van der Waals surface area (Å²) in [5.41, 5.74) is 3.02. The van der Waals surface area contributed by atoms with Gasteiger partial charge in [0.2, 0.25) is 0 Å². The molecule has 0 unspecified atom stereocenters. The molecule has 8 nitrogen and oxygen atoms in total. The van der Waals surface area contributed by atoms with Crippen LogP contribution in [0.1, 0.15) is 29.9 Å². The van der Waals surface area contributed by atoms with Crippen LogP contribution in [-0.4, -0.2) is 35.3 Å². The molecule has 0 saturated carbocycles. The Kier molecular flexibility index (Phi) is 6.75. The van der Waals surface area contributed by atoms with Crippen molar-refractivity contribution in [3.63, 3.8) is 0 Å². The van der Waals surface area contributed by atoms with E-state index in [-0.39, 0.29) is 5.69 Å². The zero-order chi connectivity index (χ0) is 20.6. The van der Waals surface area contributed by atoms with E-state index in [9.17, 15) is 9.59 Å². The molecule has 29 heavy (non-hydrogen) atoms. The Hall–Kier alpha value is -3.46. The molecule has 0 aliphatic carbocycles. The van der Waals surface area contributed by atoms with E-state index in [2.05, 4.69) is 20.5 Å². The van der Waals surface area contributed by atoms with E-state index in [4.69, 9.17) is 9.47 Å². The molecule has 3 rings (SSSR count). The Balaban J connectivity index is 1.73. The lowest BCUT2D eigenvalue weighted by atomic mass is 10.2. The molecule has 0 atom stereocenters. The molecular weight excluding hydrogens is 392 g/mol. The number of carbonyl (C=O) groups excluding carboxylic acids is 1.